The number of anilines is 1. The number of rotatable bonds is 5. The number of amides is 1. The number of aromatic nitrogens is 1. The highest BCUT2D eigenvalue weighted by atomic mass is 32.1. The highest BCUT2D eigenvalue weighted by molar-refractivity contribution is 7.13. The fraction of sp³-hybridized carbons (Fsp3) is 0.444. The van der Waals surface area contributed by atoms with Crippen molar-refractivity contribution in [3.05, 3.63) is 47.5 Å². The third-order valence-electron chi connectivity index (χ3n) is 4.68. The van der Waals surface area contributed by atoms with Crippen LogP contribution in [0.4, 0.5) is 5.13 Å². The Morgan fingerprint density at radius 1 is 1.25 bits per heavy atom. The van der Waals surface area contributed by atoms with Crippen LogP contribution in [0.15, 0.2) is 41.9 Å². The van der Waals surface area contributed by atoms with E-state index in [0.29, 0.717) is 6.54 Å². The number of likely N-dealkylation sites (N-methyl/N-ethyl adjacent to an activating group) is 1. The van der Waals surface area contributed by atoms with E-state index in [-0.39, 0.29) is 11.9 Å². The number of piperazine rings is 1. The smallest absolute Gasteiger partial charge is 0.236 e. The van der Waals surface area contributed by atoms with E-state index in [0.717, 1.165) is 31.3 Å². The van der Waals surface area contributed by atoms with Crippen molar-refractivity contribution < 1.29 is 4.79 Å². The third kappa shape index (κ3) is 3.94. The molecule has 1 aromatic carbocycles. The summed E-state index contributed by atoms with van der Waals surface area (Å²) in [5, 5.41) is 3.08. The standard InChI is InChI=1S/C18H24N4OS/c1-15(16-6-4-3-5-7-16)20(2)17(23)14-21-9-11-22(12-10-21)18-19-8-13-24-18/h3-8,13,15H,9-12,14H2,1-2H3. The predicted octanol–water partition coefficient (Wildman–Crippen LogP) is 2.48. The second-order valence-electron chi connectivity index (χ2n) is 6.17. The van der Waals surface area contributed by atoms with E-state index in [2.05, 4.69) is 33.8 Å². The second kappa shape index (κ2) is 7.77. The summed E-state index contributed by atoms with van der Waals surface area (Å²) in [4.78, 5) is 23.3. The molecule has 2 heterocycles. The maximum atomic E-state index is 12.6. The highest BCUT2D eigenvalue weighted by Crippen LogP contribution is 2.20. The summed E-state index contributed by atoms with van der Waals surface area (Å²) in [6, 6.07) is 10.3. The van der Waals surface area contributed by atoms with Crippen LogP contribution in [0.2, 0.25) is 0 Å². The van der Waals surface area contributed by atoms with Crippen molar-refractivity contribution in [2.24, 2.45) is 0 Å². The van der Waals surface area contributed by atoms with Crippen LogP contribution >= 0.6 is 11.3 Å². The van der Waals surface area contributed by atoms with Gasteiger partial charge >= 0.3 is 0 Å². The van der Waals surface area contributed by atoms with E-state index in [1.165, 1.54) is 5.56 Å². The number of carbonyl (C=O) groups excluding carboxylic acids is 1. The second-order valence-corrected chi connectivity index (χ2v) is 7.04. The van der Waals surface area contributed by atoms with Crippen LogP contribution in [0.1, 0.15) is 18.5 Å². The van der Waals surface area contributed by atoms with Gasteiger partial charge in [-0.15, -0.1) is 11.3 Å². The number of hydrogen-bond acceptors (Lipinski definition) is 5. The van der Waals surface area contributed by atoms with Crippen LogP contribution in [-0.4, -0.2) is 60.5 Å². The number of hydrogen-bond donors (Lipinski definition) is 0. The van der Waals surface area contributed by atoms with Gasteiger partial charge in [-0.2, -0.15) is 0 Å². The van der Waals surface area contributed by atoms with Gasteiger partial charge in [0.25, 0.3) is 0 Å². The lowest BCUT2D eigenvalue weighted by Gasteiger charge is -2.35. The summed E-state index contributed by atoms with van der Waals surface area (Å²) in [6.45, 7) is 6.22. The number of benzene rings is 1. The molecule has 0 aliphatic carbocycles. The monoisotopic (exact) mass is 344 g/mol. The minimum atomic E-state index is 0.0929. The molecule has 0 spiro atoms. The number of nitrogens with zero attached hydrogens (tertiary/aromatic N) is 4. The Hall–Kier alpha value is -1.92. The van der Waals surface area contributed by atoms with Gasteiger partial charge in [-0.3, -0.25) is 9.69 Å². The van der Waals surface area contributed by atoms with E-state index in [9.17, 15) is 4.79 Å². The molecule has 1 saturated heterocycles. The molecule has 128 valence electrons. The van der Waals surface area contributed by atoms with Crippen molar-refractivity contribution >= 4 is 22.4 Å². The molecule has 1 fully saturated rings. The number of carbonyl (C=O) groups is 1. The van der Waals surface area contributed by atoms with Crippen molar-refractivity contribution in [1.82, 2.24) is 14.8 Å². The van der Waals surface area contributed by atoms with Crippen LogP contribution < -0.4 is 4.90 Å². The Labute approximate surface area is 147 Å². The SMILES string of the molecule is CC(c1ccccc1)N(C)C(=O)CN1CCN(c2nccs2)CC1. The molecule has 0 bridgehead atoms. The molecule has 1 aromatic heterocycles. The highest BCUT2D eigenvalue weighted by Gasteiger charge is 2.23. The van der Waals surface area contributed by atoms with Gasteiger partial charge in [0.1, 0.15) is 0 Å². The van der Waals surface area contributed by atoms with E-state index in [4.69, 9.17) is 0 Å². The number of thiazole rings is 1. The first-order valence-corrected chi connectivity index (χ1v) is 9.20. The van der Waals surface area contributed by atoms with Crippen LogP contribution in [0.25, 0.3) is 0 Å². The molecule has 1 aliphatic heterocycles. The molecule has 1 atom stereocenters. The molecular weight excluding hydrogens is 320 g/mol. The Morgan fingerprint density at radius 2 is 1.96 bits per heavy atom. The molecule has 1 amide bonds. The largest absolute Gasteiger partial charge is 0.346 e. The molecule has 6 heteroatoms. The Morgan fingerprint density at radius 3 is 2.58 bits per heavy atom. The molecule has 0 N–H and O–H groups in total. The zero-order valence-electron chi connectivity index (χ0n) is 14.3. The van der Waals surface area contributed by atoms with Gasteiger partial charge in [0.15, 0.2) is 5.13 Å². The molecule has 1 unspecified atom stereocenters. The Balaban J connectivity index is 1.50. The van der Waals surface area contributed by atoms with Crippen molar-refractivity contribution in [2.45, 2.75) is 13.0 Å². The van der Waals surface area contributed by atoms with Gasteiger partial charge in [0.2, 0.25) is 5.91 Å². The van der Waals surface area contributed by atoms with Crippen LogP contribution in [0.5, 0.6) is 0 Å². The molecule has 0 radical (unpaired) electrons. The van der Waals surface area contributed by atoms with E-state index in [1.54, 1.807) is 11.3 Å². The summed E-state index contributed by atoms with van der Waals surface area (Å²) >= 11 is 1.67. The fourth-order valence-corrected chi connectivity index (χ4v) is 3.64. The van der Waals surface area contributed by atoms with Gasteiger partial charge < -0.3 is 9.80 Å². The van der Waals surface area contributed by atoms with Crippen LogP contribution in [0, 0.1) is 0 Å². The summed E-state index contributed by atoms with van der Waals surface area (Å²) in [5.74, 6) is 0.175. The summed E-state index contributed by atoms with van der Waals surface area (Å²) < 4.78 is 0. The normalized spacial score (nSPS) is 16.8. The van der Waals surface area contributed by atoms with Gasteiger partial charge in [0, 0.05) is 44.8 Å². The topological polar surface area (TPSA) is 39.7 Å². The molecular formula is C18H24N4OS. The molecule has 3 rings (SSSR count). The maximum absolute atomic E-state index is 12.6. The molecule has 24 heavy (non-hydrogen) atoms. The zero-order chi connectivity index (χ0) is 16.9. The van der Waals surface area contributed by atoms with Crippen molar-refractivity contribution in [3.63, 3.8) is 0 Å². The quantitative estimate of drug-likeness (QED) is 0.835. The first-order valence-electron chi connectivity index (χ1n) is 8.32. The molecule has 5 nitrogen and oxygen atoms in total. The fourth-order valence-electron chi connectivity index (χ4n) is 2.94. The average Bonchev–Trinajstić information content (AvgIpc) is 3.16. The third-order valence-corrected chi connectivity index (χ3v) is 5.51. The van der Waals surface area contributed by atoms with E-state index < -0.39 is 0 Å². The molecule has 1 aliphatic rings. The van der Waals surface area contributed by atoms with Crippen LogP contribution in [0.3, 0.4) is 0 Å². The van der Waals surface area contributed by atoms with Gasteiger partial charge in [-0.1, -0.05) is 30.3 Å². The summed E-state index contributed by atoms with van der Waals surface area (Å²) in [5.41, 5.74) is 1.17. The first kappa shape index (κ1) is 16.9. The zero-order valence-corrected chi connectivity index (χ0v) is 15.1. The minimum absolute atomic E-state index is 0.0929. The minimum Gasteiger partial charge on any atom is -0.346 e. The predicted molar refractivity (Wildman–Crippen MR) is 98.4 cm³/mol. The van der Waals surface area contributed by atoms with Crippen molar-refractivity contribution in [3.8, 4) is 0 Å². The van der Waals surface area contributed by atoms with Crippen LogP contribution in [-0.2, 0) is 4.79 Å². The molecule has 2 aromatic rings. The maximum Gasteiger partial charge on any atom is 0.236 e. The van der Waals surface area contributed by atoms with Crippen molar-refractivity contribution in [1.29, 1.82) is 0 Å². The van der Waals surface area contributed by atoms with E-state index >= 15 is 0 Å². The van der Waals surface area contributed by atoms with E-state index in [1.807, 2.05) is 41.7 Å². The van der Waals surface area contributed by atoms with Gasteiger partial charge in [0.05, 0.1) is 12.6 Å². The van der Waals surface area contributed by atoms with Gasteiger partial charge in [-0.25, -0.2) is 4.98 Å². The summed E-state index contributed by atoms with van der Waals surface area (Å²) in [6.07, 6.45) is 1.84. The Kier molecular flexibility index (Phi) is 5.48. The lowest BCUT2D eigenvalue weighted by Crippen LogP contribution is -2.49. The van der Waals surface area contributed by atoms with Crippen molar-refractivity contribution in [2.75, 3.05) is 44.7 Å². The first-order chi connectivity index (χ1) is 11.6. The lowest BCUT2D eigenvalue weighted by molar-refractivity contribution is -0.133. The Bertz CT molecular complexity index is 638. The van der Waals surface area contributed by atoms with Gasteiger partial charge in [-0.05, 0) is 12.5 Å². The average molecular weight is 344 g/mol. The summed E-state index contributed by atoms with van der Waals surface area (Å²) in [7, 11) is 1.89. The lowest BCUT2D eigenvalue weighted by atomic mass is 10.1. The molecule has 0 saturated carbocycles.